The molecule has 200 valence electrons. The fourth-order valence-corrected chi connectivity index (χ4v) is 5.69. The van der Waals surface area contributed by atoms with Crippen LogP contribution in [0.4, 0.5) is 0 Å². The molecule has 2 aliphatic heterocycles. The summed E-state index contributed by atoms with van der Waals surface area (Å²) in [5.74, 6) is 9.80. The van der Waals surface area contributed by atoms with Crippen molar-refractivity contribution in [3.63, 3.8) is 0 Å². The minimum Gasteiger partial charge on any atom is -0.489 e. The van der Waals surface area contributed by atoms with Crippen molar-refractivity contribution >= 4 is 12.1 Å². The van der Waals surface area contributed by atoms with Crippen LogP contribution in [0.1, 0.15) is 36.8 Å². The van der Waals surface area contributed by atoms with Crippen molar-refractivity contribution in [2.75, 3.05) is 40.8 Å². The largest absolute Gasteiger partial charge is 0.489 e. The molecule has 1 fully saturated rings. The Kier molecular flexibility index (Phi) is 8.19. The Morgan fingerprint density at radius 2 is 1.76 bits per heavy atom. The maximum Gasteiger partial charge on any atom is 0.265 e. The van der Waals surface area contributed by atoms with Gasteiger partial charge in [-0.05, 0) is 76.5 Å². The first-order valence-electron chi connectivity index (χ1n) is 13.7. The normalized spacial score (nSPS) is 24.7. The van der Waals surface area contributed by atoms with Crippen LogP contribution in [-0.2, 0) is 6.61 Å². The predicted octanol–water partition coefficient (Wildman–Crippen LogP) is 4.78. The molecule has 5 rings (SSSR count). The quantitative estimate of drug-likeness (QED) is 0.367. The number of benzene rings is 2. The molecular weight excluding hydrogens is 472 g/mol. The van der Waals surface area contributed by atoms with Crippen LogP contribution in [0.2, 0.25) is 0 Å². The summed E-state index contributed by atoms with van der Waals surface area (Å²) in [5, 5.41) is 0. The molecule has 2 aromatic carbocycles. The second kappa shape index (κ2) is 11.7. The predicted molar refractivity (Wildman–Crippen MR) is 154 cm³/mol. The van der Waals surface area contributed by atoms with E-state index in [4.69, 9.17) is 15.6 Å². The van der Waals surface area contributed by atoms with Gasteiger partial charge in [0.05, 0.1) is 18.0 Å². The Balaban J connectivity index is 1.29. The van der Waals surface area contributed by atoms with E-state index in [0.29, 0.717) is 12.5 Å². The fourth-order valence-electron chi connectivity index (χ4n) is 5.69. The Morgan fingerprint density at radius 1 is 0.974 bits per heavy atom. The van der Waals surface area contributed by atoms with Crippen molar-refractivity contribution < 1.29 is 9.33 Å². The van der Waals surface area contributed by atoms with Crippen LogP contribution in [-0.4, -0.2) is 67.2 Å². The van der Waals surface area contributed by atoms with Crippen molar-refractivity contribution in [2.45, 2.75) is 32.3 Å². The third kappa shape index (κ3) is 5.97. The Labute approximate surface area is 227 Å². The highest BCUT2D eigenvalue weighted by Gasteiger charge is 2.46. The lowest BCUT2D eigenvalue weighted by Crippen LogP contribution is -2.53. The number of hydrogen-bond donors (Lipinski definition) is 1. The van der Waals surface area contributed by atoms with Crippen LogP contribution in [0.15, 0.2) is 88.4 Å². The number of nitrogens with two attached hydrogens (primary N) is 1. The minimum atomic E-state index is 0.0637. The Morgan fingerprint density at radius 3 is 2.53 bits per heavy atom. The Bertz CT molecular complexity index is 1230. The number of quaternary nitrogens is 1. The van der Waals surface area contributed by atoms with Gasteiger partial charge in [0.2, 0.25) is 5.70 Å². The lowest BCUT2D eigenvalue weighted by atomic mass is 9.80. The second-order valence-corrected chi connectivity index (χ2v) is 11.1. The summed E-state index contributed by atoms with van der Waals surface area (Å²) in [6.07, 6.45) is 10.3. The van der Waals surface area contributed by atoms with E-state index in [-0.39, 0.29) is 4.59 Å². The van der Waals surface area contributed by atoms with Gasteiger partial charge in [0.25, 0.3) is 5.84 Å². The topological polar surface area (TPSA) is 66.5 Å². The summed E-state index contributed by atoms with van der Waals surface area (Å²) in [4.78, 5) is 14.4. The number of fused-ring (bicyclic) bond motifs is 1. The molecule has 0 aromatic heterocycles. The highest BCUT2D eigenvalue weighted by atomic mass is 16.5. The van der Waals surface area contributed by atoms with Gasteiger partial charge in [0.15, 0.2) is 0 Å². The number of rotatable bonds is 10. The van der Waals surface area contributed by atoms with Gasteiger partial charge in [-0.3, -0.25) is 4.99 Å². The molecule has 0 saturated heterocycles. The molecule has 1 atom stereocenters. The maximum absolute atomic E-state index is 7.02. The number of ether oxygens (including phenoxy) is 1. The summed E-state index contributed by atoms with van der Waals surface area (Å²) in [5.41, 5.74) is 4.20. The smallest absolute Gasteiger partial charge is 0.265 e. The van der Waals surface area contributed by atoms with E-state index in [0.717, 1.165) is 72.5 Å². The SMILES string of the molecule is CN(C)CCN(C)CC1CCC(C2=C3C=NC=C[N+]3(N)C(c3cccc(OCc4ccccc4)c3)=N2)CC1. The van der Waals surface area contributed by atoms with E-state index in [1.165, 1.54) is 12.8 Å². The van der Waals surface area contributed by atoms with Gasteiger partial charge < -0.3 is 14.5 Å². The molecule has 0 bridgehead atoms. The molecule has 1 aliphatic carbocycles. The number of hydrogen-bond acceptors (Lipinski definition) is 6. The van der Waals surface area contributed by atoms with Crippen LogP contribution in [0.3, 0.4) is 0 Å². The summed E-state index contributed by atoms with van der Waals surface area (Å²) in [7, 11) is 6.52. The second-order valence-electron chi connectivity index (χ2n) is 11.1. The van der Waals surface area contributed by atoms with E-state index in [9.17, 15) is 0 Å². The van der Waals surface area contributed by atoms with E-state index in [1.807, 2.05) is 42.7 Å². The van der Waals surface area contributed by atoms with Gasteiger partial charge in [-0.15, -0.1) is 4.59 Å². The average molecular weight is 514 g/mol. The van der Waals surface area contributed by atoms with Gasteiger partial charge in [0, 0.05) is 25.6 Å². The number of aliphatic imine (C=N–C) groups is 2. The monoisotopic (exact) mass is 513 g/mol. The zero-order chi connectivity index (χ0) is 26.5. The molecule has 0 spiro atoms. The lowest BCUT2D eigenvalue weighted by molar-refractivity contribution is -0.750. The first kappa shape index (κ1) is 26.5. The van der Waals surface area contributed by atoms with Crippen molar-refractivity contribution in [3.8, 4) is 5.75 Å². The zero-order valence-corrected chi connectivity index (χ0v) is 23.0. The zero-order valence-electron chi connectivity index (χ0n) is 23.0. The van der Waals surface area contributed by atoms with Crippen LogP contribution in [0.25, 0.3) is 0 Å². The van der Waals surface area contributed by atoms with Crippen LogP contribution in [0.5, 0.6) is 5.75 Å². The molecule has 1 saturated carbocycles. The maximum atomic E-state index is 7.02. The molecule has 7 heteroatoms. The third-order valence-corrected chi connectivity index (χ3v) is 7.90. The van der Waals surface area contributed by atoms with Gasteiger partial charge in [-0.2, -0.15) is 10.8 Å². The van der Waals surface area contributed by atoms with Gasteiger partial charge in [0.1, 0.15) is 24.3 Å². The summed E-state index contributed by atoms with van der Waals surface area (Å²) in [6, 6.07) is 18.3. The van der Waals surface area contributed by atoms with Crippen molar-refractivity contribution in [1.82, 2.24) is 9.80 Å². The van der Waals surface area contributed by atoms with E-state index in [2.05, 4.69) is 60.2 Å². The standard InChI is InChI=1S/C31H41N6O/c1-35(2)17-18-36(3)22-24-12-14-26(15-13-24)30-29-21-33-16-19-37(29,32)31(34-30)27-10-7-11-28(20-27)38-23-25-8-5-4-6-9-25/h4-11,16,19-21,24,26H,12-15,17-18,22-23,32H2,1-3H3/q+1. The molecule has 0 amide bonds. The molecule has 7 nitrogen and oxygen atoms in total. The molecule has 0 radical (unpaired) electrons. The first-order valence-corrected chi connectivity index (χ1v) is 13.7. The molecule has 38 heavy (non-hydrogen) atoms. The molecule has 2 heterocycles. The molecular formula is C31H41N6O+. The highest BCUT2D eigenvalue weighted by Crippen LogP contribution is 2.41. The van der Waals surface area contributed by atoms with Crippen LogP contribution >= 0.6 is 0 Å². The van der Waals surface area contributed by atoms with E-state index >= 15 is 0 Å². The molecule has 2 N–H and O–H groups in total. The molecule has 3 aliphatic rings. The summed E-state index contributed by atoms with van der Waals surface area (Å²) < 4.78 is 6.17. The fraction of sp³-hybridized carbons (Fsp3) is 0.419. The highest BCUT2D eigenvalue weighted by molar-refractivity contribution is 6.00. The average Bonchev–Trinajstić information content (AvgIpc) is 3.25. The lowest BCUT2D eigenvalue weighted by Gasteiger charge is -2.32. The number of nitrogens with zero attached hydrogens (tertiary/aromatic N) is 5. The molecule has 1 unspecified atom stereocenters. The van der Waals surface area contributed by atoms with Crippen LogP contribution < -0.4 is 10.6 Å². The van der Waals surface area contributed by atoms with Crippen molar-refractivity contribution in [3.05, 3.63) is 89.5 Å². The van der Waals surface area contributed by atoms with Crippen molar-refractivity contribution in [2.24, 2.45) is 27.7 Å². The third-order valence-electron chi connectivity index (χ3n) is 7.90. The van der Waals surface area contributed by atoms with Gasteiger partial charge in [-0.25, -0.2) is 0 Å². The first-order chi connectivity index (χ1) is 18.4. The van der Waals surface area contributed by atoms with E-state index < -0.39 is 0 Å². The van der Waals surface area contributed by atoms with Crippen molar-refractivity contribution in [1.29, 1.82) is 0 Å². The number of allylic oxidation sites excluding steroid dienone is 2. The van der Waals surface area contributed by atoms with Gasteiger partial charge in [-0.1, -0.05) is 36.4 Å². The van der Waals surface area contributed by atoms with Gasteiger partial charge >= 0.3 is 0 Å². The minimum absolute atomic E-state index is 0.0637. The number of likely N-dealkylation sites (N-methyl/N-ethyl adjacent to an activating group) is 2. The van der Waals surface area contributed by atoms with E-state index in [1.54, 1.807) is 6.20 Å². The van der Waals surface area contributed by atoms with Crippen LogP contribution in [0, 0.1) is 11.8 Å². The molecule has 2 aromatic rings. The summed E-state index contributed by atoms with van der Waals surface area (Å²) in [6.45, 7) is 3.90. The number of amidine groups is 1. The summed E-state index contributed by atoms with van der Waals surface area (Å²) >= 11 is 0. The Hall–Kier alpha value is -3.10.